The number of sulfonamides is 1. The molecule has 0 aromatic heterocycles. The fourth-order valence-electron chi connectivity index (χ4n) is 3.13. The van der Waals surface area contributed by atoms with Crippen LogP contribution < -0.4 is 10.2 Å². The number of amides is 1. The maximum atomic E-state index is 12.8. The molecule has 0 unspecified atom stereocenters. The number of carbonyl (C=O) groups excluding carboxylic acids is 1. The zero-order valence-corrected chi connectivity index (χ0v) is 16.5. The molecule has 1 fully saturated rings. The quantitative estimate of drug-likeness (QED) is 0.527. The van der Waals surface area contributed by atoms with Crippen LogP contribution >= 0.6 is 0 Å². The van der Waals surface area contributed by atoms with Gasteiger partial charge in [0, 0.05) is 32.2 Å². The van der Waals surface area contributed by atoms with Gasteiger partial charge in [-0.1, -0.05) is 6.42 Å². The molecule has 1 aromatic carbocycles. The van der Waals surface area contributed by atoms with Gasteiger partial charge in [0.25, 0.3) is 5.69 Å². The summed E-state index contributed by atoms with van der Waals surface area (Å²) in [6, 6.07) is 3.89. The highest BCUT2D eigenvalue weighted by molar-refractivity contribution is 7.89. The summed E-state index contributed by atoms with van der Waals surface area (Å²) < 4.78 is 27.0. The molecule has 1 N–H and O–H groups in total. The summed E-state index contributed by atoms with van der Waals surface area (Å²) in [5.41, 5.74) is -0.0921. The molecule has 0 bridgehead atoms. The van der Waals surface area contributed by atoms with Crippen molar-refractivity contribution in [1.29, 1.82) is 0 Å². The van der Waals surface area contributed by atoms with Gasteiger partial charge in [0.1, 0.15) is 5.69 Å². The maximum Gasteiger partial charge on any atom is 0.293 e. The van der Waals surface area contributed by atoms with Crippen molar-refractivity contribution in [3.8, 4) is 0 Å². The molecule has 0 saturated carbocycles. The van der Waals surface area contributed by atoms with Gasteiger partial charge in [0.15, 0.2) is 0 Å². The smallest absolute Gasteiger partial charge is 0.293 e. The van der Waals surface area contributed by atoms with Crippen LogP contribution in [0.3, 0.4) is 0 Å². The number of carbonyl (C=O) groups is 1. The lowest BCUT2D eigenvalue weighted by Crippen LogP contribution is -2.37. The Hall–Kier alpha value is -2.20. The van der Waals surface area contributed by atoms with E-state index in [1.54, 1.807) is 18.7 Å². The van der Waals surface area contributed by atoms with E-state index in [1.807, 2.05) is 0 Å². The number of nitro benzene ring substituents is 1. The normalized spacial score (nSPS) is 15.3. The predicted molar refractivity (Wildman–Crippen MR) is 102 cm³/mol. The number of anilines is 1. The minimum absolute atomic E-state index is 0.0383. The third kappa shape index (κ3) is 4.95. The predicted octanol–water partition coefficient (Wildman–Crippen LogP) is 1.73. The number of nitro groups is 1. The Kier molecular flexibility index (Phi) is 7.14. The van der Waals surface area contributed by atoms with Crippen LogP contribution in [-0.4, -0.2) is 56.3 Å². The molecule has 27 heavy (non-hydrogen) atoms. The van der Waals surface area contributed by atoms with Gasteiger partial charge in [0.05, 0.1) is 16.4 Å². The third-order valence-electron chi connectivity index (χ3n) is 4.53. The van der Waals surface area contributed by atoms with Crippen molar-refractivity contribution in [3.05, 3.63) is 28.3 Å². The van der Waals surface area contributed by atoms with E-state index in [0.29, 0.717) is 26.2 Å². The molecular formula is C17H26N4O5S. The maximum absolute atomic E-state index is 12.8. The van der Waals surface area contributed by atoms with Gasteiger partial charge in [0.2, 0.25) is 15.9 Å². The number of piperidine rings is 1. The molecule has 2 rings (SSSR count). The zero-order valence-electron chi connectivity index (χ0n) is 15.7. The lowest BCUT2D eigenvalue weighted by atomic mass is 10.2. The summed E-state index contributed by atoms with van der Waals surface area (Å²) in [5, 5.41) is 14.2. The monoisotopic (exact) mass is 398 g/mol. The summed E-state index contributed by atoms with van der Waals surface area (Å²) >= 11 is 0. The van der Waals surface area contributed by atoms with Crippen LogP contribution in [0.2, 0.25) is 0 Å². The molecule has 0 spiro atoms. The van der Waals surface area contributed by atoms with Gasteiger partial charge >= 0.3 is 0 Å². The third-order valence-corrected chi connectivity index (χ3v) is 6.42. The van der Waals surface area contributed by atoms with Crippen molar-refractivity contribution in [3.63, 3.8) is 0 Å². The fourth-order valence-corrected chi connectivity index (χ4v) is 4.66. The van der Waals surface area contributed by atoms with E-state index in [2.05, 4.69) is 5.32 Å². The average molecular weight is 398 g/mol. The van der Waals surface area contributed by atoms with Crippen molar-refractivity contribution in [2.45, 2.75) is 38.0 Å². The van der Waals surface area contributed by atoms with E-state index < -0.39 is 14.9 Å². The number of hydrogen-bond acceptors (Lipinski definition) is 6. The lowest BCUT2D eigenvalue weighted by molar-refractivity contribution is -0.384. The standard InChI is InChI=1S/C17H26N4O5S/c1-3-18-17(22)13-19(4-2)15-9-8-14(12-16(15)21(23)24)27(25,26)20-10-6-5-7-11-20/h8-9,12H,3-7,10-11,13H2,1-2H3,(H,18,22). The Morgan fingerprint density at radius 1 is 1.26 bits per heavy atom. The van der Waals surface area contributed by atoms with Crippen molar-refractivity contribution in [1.82, 2.24) is 9.62 Å². The van der Waals surface area contributed by atoms with E-state index in [9.17, 15) is 23.3 Å². The van der Waals surface area contributed by atoms with Crippen LogP contribution in [0, 0.1) is 10.1 Å². The van der Waals surface area contributed by atoms with Crippen LogP contribution in [0.1, 0.15) is 33.1 Å². The number of nitrogens with one attached hydrogen (secondary N) is 1. The Bertz CT molecular complexity index is 791. The first-order valence-electron chi connectivity index (χ1n) is 9.11. The number of nitrogens with zero attached hydrogens (tertiary/aromatic N) is 3. The molecule has 0 aliphatic carbocycles. The van der Waals surface area contributed by atoms with Gasteiger partial charge < -0.3 is 10.2 Å². The van der Waals surface area contributed by atoms with Crippen molar-refractivity contribution < 1.29 is 18.1 Å². The van der Waals surface area contributed by atoms with Crippen molar-refractivity contribution in [2.75, 3.05) is 37.6 Å². The molecule has 1 aromatic rings. The summed E-state index contributed by atoms with van der Waals surface area (Å²) in [5.74, 6) is -0.251. The summed E-state index contributed by atoms with van der Waals surface area (Å²) in [6.45, 7) is 5.22. The molecule has 10 heteroatoms. The largest absolute Gasteiger partial charge is 0.357 e. The SMILES string of the molecule is CCNC(=O)CN(CC)c1ccc(S(=O)(=O)N2CCCCC2)cc1[N+](=O)[O-]. The first kappa shape index (κ1) is 21.1. The van der Waals surface area contributed by atoms with Crippen molar-refractivity contribution >= 4 is 27.3 Å². The second-order valence-electron chi connectivity index (χ2n) is 6.34. The first-order valence-corrected chi connectivity index (χ1v) is 10.6. The number of hydrogen-bond donors (Lipinski definition) is 1. The summed E-state index contributed by atoms with van der Waals surface area (Å²) in [7, 11) is -3.77. The average Bonchev–Trinajstić information content (AvgIpc) is 2.66. The molecule has 1 amide bonds. The molecular weight excluding hydrogens is 372 g/mol. The fraction of sp³-hybridized carbons (Fsp3) is 0.588. The van der Waals surface area contributed by atoms with Crippen LogP contribution in [0.25, 0.3) is 0 Å². The summed E-state index contributed by atoms with van der Waals surface area (Å²) in [4.78, 5) is 24.3. The molecule has 1 heterocycles. The highest BCUT2D eigenvalue weighted by Crippen LogP contribution is 2.32. The lowest BCUT2D eigenvalue weighted by Gasteiger charge is -2.26. The molecule has 0 radical (unpaired) electrons. The van der Waals surface area contributed by atoms with Gasteiger partial charge in [-0.2, -0.15) is 4.31 Å². The Balaban J connectivity index is 2.38. The zero-order chi connectivity index (χ0) is 20.0. The van der Waals surface area contributed by atoms with Crippen LogP contribution in [0.5, 0.6) is 0 Å². The molecule has 0 atom stereocenters. The van der Waals surface area contributed by atoms with Crippen LogP contribution in [0.15, 0.2) is 23.1 Å². The van der Waals surface area contributed by atoms with Gasteiger partial charge in [-0.25, -0.2) is 8.42 Å². The molecule has 1 saturated heterocycles. The second kappa shape index (κ2) is 9.14. The van der Waals surface area contributed by atoms with Crippen molar-refractivity contribution in [2.24, 2.45) is 0 Å². The Labute approximate surface area is 159 Å². The van der Waals surface area contributed by atoms with E-state index in [4.69, 9.17) is 0 Å². The minimum Gasteiger partial charge on any atom is -0.357 e. The Morgan fingerprint density at radius 3 is 2.48 bits per heavy atom. The number of likely N-dealkylation sites (N-methyl/N-ethyl adjacent to an activating group) is 2. The first-order chi connectivity index (χ1) is 12.8. The van der Waals surface area contributed by atoms with Gasteiger partial charge in [-0.15, -0.1) is 0 Å². The highest BCUT2D eigenvalue weighted by atomic mass is 32.2. The van der Waals surface area contributed by atoms with E-state index in [0.717, 1.165) is 25.3 Å². The number of rotatable bonds is 8. The minimum atomic E-state index is -3.77. The van der Waals surface area contributed by atoms with Crippen LogP contribution in [0.4, 0.5) is 11.4 Å². The van der Waals surface area contributed by atoms with E-state index in [1.165, 1.54) is 16.4 Å². The van der Waals surface area contributed by atoms with Gasteiger partial charge in [-0.05, 0) is 38.8 Å². The number of benzene rings is 1. The molecule has 1 aliphatic heterocycles. The molecule has 150 valence electrons. The summed E-state index contributed by atoms with van der Waals surface area (Å²) in [6.07, 6.45) is 2.56. The van der Waals surface area contributed by atoms with Gasteiger partial charge in [-0.3, -0.25) is 14.9 Å². The Morgan fingerprint density at radius 2 is 1.93 bits per heavy atom. The second-order valence-corrected chi connectivity index (χ2v) is 8.28. The van der Waals surface area contributed by atoms with E-state index in [-0.39, 0.29) is 28.7 Å². The molecule has 9 nitrogen and oxygen atoms in total. The van der Waals surface area contributed by atoms with Crippen LogP contribution in [-0.2, 0) is 14.8 Å². The highest BCUT2D eigenvalue weighted by Gasteiger charge is 2.29. The van der Waals surface area contributed by atoms with E-state index >= 15 is 0 Å². The topological polar surface area (TPSA) is 113 Å². The molecule has 1 aliphatic rings.